The first-order valence-corrected chi connectivity index (χ1v) is 11.1. The minimum Gasteiger partial charge on any atom is -0.490 e. The van der Waals surface area contributed by atoms with Crippen molar-refractivity contribution in [2.75, 3.05) is 19.8 Å². The van der Waals surface area contributed by atoms with Crippen LogP contribution >= 0.6 is 0 Å². The number of imidazole rings is 1. The van der Waals surface area contributed by atoms with Crippen molar-refractivity contribution < 1.29 is 23.8 Å². The van der Waals surface area contributed by atoms with Gasteiger partial charge in [0.25, 0.3) is 11.8 Å². The standard InChI is InChI=1S/C24H30N4O5/c1-6-28-15(5)25-18-12-16(10-11-19(18)28)23(29)26-27-24(30)17-13-20(31-7-2)22(33-9-4)21(14-17)32-8-3/h10-14H,6-9H2,1-5H3,(H,26,29)(H,27,30). The van der Waals surface area contributed by atoms with Crippen LogP contribution in [0.3, 0.4) is 0 Å². The molecule has 9 nitrogen and oxygen atoms in total. The summed E-state index contributed by atoms with van der Waals surface area (Å²) in [4.78, 5) is 29.9. The number of fused-ring (bicyclic) bond motifs is 1. The molecule has 1 aromatic heterocycles. The molecule has 0 saturated heterocycles. The van der Waals surface area contributed by atoms with Gasteiger partial charge in [0.15, 0.2) is 11.5 Å². The molecule has 0 fully saturated rings. The van der Waals surface area contributed by atoms with E-state index in [-0.39, 0.29) is 5.56 Å². The highest BCUT2D eigenvalue weighted by Crippen LogP contribution is 2.39. The fourth-order valence-corrected chi connectivity index (χ4v) is 3.57. The molecule has 1 heterocycles. The first kappa shape index (κ1) is 23.9. The minimum atomic E-state index is -0.513. The topological polar surface area (TPSA) is 104 Å². The highest BCUT2D eigenvalue weighted by molar-refractivity contribution is 6.01. The van der Waals surface area contributed by atoms with Crippen molar-refractivity contribution in [2.24, 2.45) is 0 Å². The van der Waals surface area contributed by atoms with Crippen molar-refractivity contribution >= 4 is 22.8 Å². The van der Waals surface area contributed by atoms with Gasteiger partial charge in [-0.3, -0.25) is 20.4 Å². The van der Waals surface area contributed by atoms with Gasteiger partial charge in [-0.25, -0.2) is 4.98 Å². The van der Waals surface area contributed by atoms with E-state index in [9.17, 15) is 9.59 Å². The molecular weight excluding hydrogens is 424 g/mol. The first-order chi connectivity index (χ1) is 15.9. The lowest BCUT2D eigenvalue weighted by Gasteiger charge is -2.17. The number of amides is 2. The summed E-state index contributed by atoms with van der Waals surface area (Å²) in [5, 5.41) is 0. The SMILES string of the molecule is CCOc1cc(C(=O)NNC(=O)c2ccc3c(c2)nc(C)n3CC)cc(OCC)c1OCC. The van der Waals surface area contributed by atoms with Crippen molar-refractivity contribution in [3.63, 3.8) is 0 Å². The fourth-order valence-electron chi connectivity index (χ4n) is 3.57. The third-order valence-corrected chi connectivity index (χ3v) is 4.98. The van der Waals surface area contributed by atoms with Crippen molar-refractivity contribution in [3.05, 3.63) is 47.3 Å². The van der Waals surface area contributed by atoms with E-state index in [2.05, 4.69) is 20.4 Å². The molecule has 0 aliphatic carbocycles. The number of carbonyl (C=O) groups is 2. The van der Waals surface area contributed by atoms with Gasteiger partial charge in [-0.1, -0.05) is 0 Å². The van der Waals surface area contributed by atoms with Crippen LogP contribution in [0.2, 0.25) is 0 Å². The predicted octanol–water partition coefficient (Wildman–Crippen LogP) is 3.64. The molecule has 33 heavy (non-hydrogen) atoms. The molecule has 0 bridgehead atoms. The normalized spacial score (nSPS) is 10.7. The number of carbonyl (C=O) groups excluding carboxylic acids is 2. The van der Waals surface area contributed by atoms with Gasteiger partial charge in [-0.2, -0.15) is 0 Å². The largest absolute Gasteiger partial charge is 0.490 e. The van der Waals surface area contributed by atoms with Gasteiger partial charge < -0.3 is 18.8 Å². The number of hydrazine groups is 1. The number of ether oxygens (including phenoxy) is 3. The number of aromatic nitrogens is 2. The Bertz CT molecular complexity index is 1130. The van der Waals surface area contributed by atoms with Crippen LogP contribution in [0, 0.1) is 6.92 Å². The molecule has 176 valence electrons. The quantitative estimate of drug-likeness (QED) is 0.479. The highest BCUT2D eigenvalue weighted by Gasteiger charge is 2.19. The third kappa shape index (κ3) is 5.19. The van der Waals surface area contributed by atoms with E-state index in [0.717, 1.165) is 23.4 Å². The second kappa shape index (κ2) is 10.7. The molecule has 0 spiro atoms. The maximum atomic E-state index is 12.8. The molecule has 0 saturated carbocycles. The molecule has 2 N–H and O–H groups in total. The average Bonchev–Trinajstić information content (AvgIpc) is 3.13. The first-order valence-electron chi connectivity index (χ1n) is 11.1. The summed E-state index contributed by atoms with van der Waals surface area (Å²) in [6.07, 6.45) is 0. The lowest BCUT2D eigenvalue weighted by atomic mass is 10.1. The Hall–Kier alpha value is -3.75. The second-order valence-electron chi connectivity index (χ2n) is 7.12. The van der Waals surface area contributed by atoms with Gasteiger partial charge in [0.1, 0.15) is 5.82 Å². The predicted molar refractivity (Wildman–Crippen MR) is 125 cm³/mol. The molecule has 2 aromatic carbocycles. The molecular formula is C24H30N4O5. The monoisotopic (exact) mass is 454 g/mol. The summed E-state index contributed by atoms with van der Waals surface area (Å²) >= 11 is 0. The van der Waals surface area contributed by atoms with Gasteiger partial charge >= 0.3 is 0 Å². The van der Waals surface area contributed by atoms with Crippen molar-refractivity contribution in [2.45, 2.75) is 41.2 Å². The van der Waals surface area contributed by atoms with Crippen molar-refractivity contribution in [3.8, 4) is 17.2 Å². The Balaban J connectivity index is 1.78. The van der Waals surface area contributed by atoms with Gasteiger partial charge in [0.2, 0.25) is 5.75 Å². The molecule has 0 aliphatic rings. The molecule has 0 radical (unpaired) electrons. The van der Waals surface area contributed by atoms with Crippen molar-refractivity contribution in [1.82, 2.24) is 20.4 Å². The van der Waals surface area contributed by atoms with E-state index in [1.54, 1.807) is 24.3 Å². The zero-order chi connectivity index (χ0) is 24.0. The summed E-state index contributed by atoms with van der Waals surface area (Å²) in [5.74, 6) is 1.15. The van der Waals surface area contributed by atoms with Crippen LogP contribution in [0.25, 0.3) is 11.0 Å². The van der Waals surface area contributed by atoms with E-state index in [1.165, 1.54) is 0 Å². The smallest absolute Gasteiger partial charge is 0.269 e. The Labute approximate surface area is 193 Å². The number of hydrogen-bond acceptors (Lipinski definition) is 6. The summed E-state index contributed by atoms with van der Waals surface area (Å²) in [5.41, 5.74) is 7.23. The van der Waals surface area contributed by atoms with Crippen LogP contribution in [-0.4, -0.2) is 41.2 Å². The van der Waals surface area contributed by atoms with E-state index >= 15 is 0 Å². The van der Waals surface area contributed by atoms with Gasteiger partial charge in [0, 0.05) is 17.7 Å². The average molecular weight is 455 g/mol. The number of nitrogens with one attached hydrogen (secondary N) is 2. The molecule has 9 heteroatoms. The van der Waals surface area contributed by atoms with Crippen LogP contribution in [0.15, 0.2) is 30.3 Å². The minimum absolute atomic E-state index is 0.262. The highest BCUT2D eigenvalue weighted by atomic mass is 16.5. The number of aryl methyl sites for hydroxylation is 2. The molecule has 0 aliphatic heterocycles. The summed E-state index contributed by atoms with van der Waals surface area (Å²) in [6.45, 7) is 11.5. The number of nitrogens with zero attached hydrogens (tertiary/aromatic N) is 2. The summed E-state index contributed by atoms with van der Waals surface area (Å²) in [6, 6.07) is 8.38. The van der Waals surface area contributed by atoms with Gasteiger partial charge in [0.05, 0.1) is 30.9 Å². The number of hydrogen-bond donors (Lipinski definition) is 2. The molecule has 0 atom stereocenters. The summed E-state index contributed by atoms with van der Waals surface area (Å²) < 4.78 is 19.0. The van der Waals surface area contributed by atoms with E-state index < -0.39 is 11.8 Å². The van der Waals surface area contributed by atoms with Crippen LogP contribution < -0.4 is 25.1 Å². The van der Waals surface area contributed by atoms with Crippen LogP contribution in [0.1, 0.15) is 54.2 Å². The Morgan fingerprint density at radius 3 is 1.97 bits per heavy atom. The van der Waals surface area contributed by atoms with Crippen LogP contribution in [0.4, 0.5) is 0 Å². The lowest BCUT2D eigenvalue weighted by Crippen LogP contribution is -2.41. The maximum Gasteiger partial charge on any atom is 0.269 e. The third-order valence-electron chi connectivity index (χ3n) is 4.98. The molecule has 3 rings (SSSR count). The Kier molecular flexibility index (Phi) is 7.76. The number of benzene rings is 2. The molecule has 3 aromatic rings. The zero-order valence-corrected chi connectivity index (χ0v) is 19.7. The van der Waals surface area contributed by atoms with Crippen LogP contribution in [0.5, 0.6) is 17.2 Å². The zero-order valence-electron chi connectivity index (χ0n) is 19.7. The lowest BCUT2D eigenvalue weighted by molar-refractivity contribution is 0.0846. The van der Waals surface area contributed by atoms with E-state index in [1.807, 2.05) is 40.7 Å². The second-order valence-corrected chi connectivity index (χ2v) is 7.12. The number of rotatable bonds is 9. The summed E-state index contributed by atoms with van der Waals surface area (Å²) in [7, 11) is 0. The van der Waals surface area contributed by atoms with E-state index in [4.69, 9.17) is 14.2 Å². The Morgan fingerprint density at radius 1 is 0.848 bits per heavy atom. The van der Waals surface area contributed by atoms with Crippen LogP contribution in [-0.2, 0) is 6.54 Å². The molecule has 2 amide bonds. The van der Waals surface area contributed by atoms with E-state index in [0.29, 0.717) is 42.6 Å². The van der Waals surface area contributed by atoms with Crippen molar-refractivity contribution in [1.29, 1.82) is 0 Å². The van der Waals surface area contributed by atoms with Gasteiger partial charge in [-0.15, -0.1) is 0 Å². The van der Waals surface area contributed by atoms with Gasteiger partial charge in [-0.05, 0) is 65.0 Å². The fraction of sp³-hybridized carbons (Fsp3) is 0.375. The molecule has 0 unspecified atom stereocenters. The Morgan fingerprint density at radius 2 is 1.42 bits per heavy atom. The maximum absolute atomic E-state index is 12.8.